The summed E-state index contributed by atoms with van der Waals surface area (Å²) in [6, 6.07) is 0.677. The second-order valence-electron chi connectivity index (χ2n) is 7.91. The number of likely N-dealkylation sites (tertiary alicyclic amines) is 2. The molecule has 17 heavy (non-hydrogen) atoms. The number of fused-ring (bicyclic) bond motifs is 1. The average Bonchev–Trinajstić information content (AvgIpc) is 2.50. The summed E-state index contributed by atoms with van der Waals surface area (Å²) in [4.78, 5) is 5.42. The van der Waals surface area contributed by atoms with Crippen LogP contribution < -0.4 is 0 Å². The second-order valence-corrected chi connectivity index (χ2v) is 7.91. The average molecular weight is 238 g/mol. The summed E-state index contributed by atoms with van der Waals surface area (Å²) in [6.45, 7) is 20.5. The van der Waals surface area contributed by atoms with Gasteiger partial charge < -0.3 is 0 Å². The molecule has 0 saturated carbocycles. The van der Waals surface area contributed by atoms with E-state index >= 15 is 0 Å². The first-order valence-electron chi connectivity index (χ1n) is 7.12. The molecule has 0 radical (unpaired) electrons. The molecule has 2 heteroatoms. The van der Waals surface area contributed by atoms with Crippen LogP contribution in [0.25, 0.3) is 0 Å². The molecule has 0 unspecified atom stereocenters. The predicted molar refractivity (Wildman–Crippen MR) is 74.3 cm³/mol. The van der Waals surface area contributed by atoms with Gasteiger partial charge in [0, 0.05) is 35.6 Å². The Balaban J connectivity index is 2.30. The van der Waals surface area contributed by atoms with Crippen LogP contribution in [0, 0.1) is 5.41 Å². The predicted octanol–water partition coefficient (Wildman–Crippen LogP) is 2.98. The van der Waals surface area contributed by atoms with Crippen molar-refractivity contribution in [1.29, 1.82) is 0 Å². The molecular formula is C15H30N2. The quantitative estimate of drug-likeness (QED) is 0.693. The summed E-state index contributed by atoms with van der Waals surface area (Å²) in [6.07, 6.45) is 1.35. The Kier molecular flexibility index (Phi) is 2.91. The molecule has 0 aromatic heterocycles. The van der Waals surface area contributed by atoms with Gasteiger partial charge in [0.15, 0.2) is 0 Å². The SMILES string of the molecule is CC(C)N1C[C@]2(C)CCN(C(C)(C)C)[C@]2(C)C1. The Labute approximate surface area is 107 Å². The van der Waals surface area contributed by atoms with Crippen molar-refractivity contribution in [2.24, 2.45) is 5.41 Å². The van der Waals surface area contributed by atoms with Crippen molar-refractivity contribution in [2.75, 3.05) is 19.6 Å². The smallest absolute Gasteiger partial charge is 0.0379 e. The van der Waals surface area contributed by atoms with Crippen LogP contribution in [0.5, 0.6) is 0 Å². The topological polar surface area (TPSA) is 6.48 Å². The van der Waals surface area contributed by atoms with Gasteiger partial charge in [0.1, 0.15) is 0 Å². The van der Waals surface area contributed by atoms with Gasteiger partial charge in [-0.2, -0.15) is 0 Å². The summed E-state index contributed by atoms with van der Waals surface area (Å²) >= 11 is 0. The van der Waals surface area contributed by atoms with Crippen LogP contribution in [0.4, 0.5) is 0 Å². The van der Waals surface area contributed by atoms with Crippen LogP contribution in [0.1, 0.15) is 54.9 Å². The van der Waals surface area contributed by atoms with E-state index in [9.17, 15) is 0 Å². The fraction of sp³-hybridized carbons (Fsp3) is 1.00. The van der Waals surface area contributed by atoms with Gasteiger partial charge in [-0.15, -0.1) is 0 Å². The van der Waals surface area contributed by atoms with E-state index in [2.05, 4.69) is 58.3 Å². The summed E-state index contributed by atoms with van der Waals surface area (Å²) in [7, 11) is 0. The molecule has 2 saturated heterocycles. The largest absolute Gasteiger partial charge is 0.298 e. The highest BCUT2D eigenvalue weighted by Gasteiger charge is 2.60. The summed E-state index contributed by atoms with van der Waals surface area (Å²) in [5, 5.41) is 0. The van der Waals surface area contributed by atoms with Crippen molar-refractivity contribution >= 4 is 0 Å². The summed E-state index contributed by atoms with van der Waals surface area (Å²) in [5.41, 5.74) is 1.12. The van der Waals surface area contributed by atoms with Crippen molar-refractivity contribution in [3.8, 4) is 0 Å². The second kappa shape index (κ2) is 3.71. The van der Waals surface area contributed by atoms with Gasteiger partial charge in [-0.1, -0.05) is 6.92 Å². The van der Waals surface area contributed by atoms with Crippen LogP contribution in [0.15, 0.2) is 0 Å². The molecule has 0 aromatic rings. The Morgan fingerprint density at radius 2 is 1.65 bits per heavy atom. The minimum atomic E-state index is 0.291. The molecule has 0 amide bonds. The number of hydrogen-bond acceptors (Lipinski definition) is 2. The van der Waals surface area contributed by atoms with E-state index in [0.29, 0.717) is 22.5 Å². The van der Waals surface area contributed by atoms with Gasteiger partial charge in [-0.3, -0.25) is 9.80 Å². The first kappa shape index (κ1) is 13.4. The fourth-order valence-corrected chi connectivity index (χ4v) is 4.07. The maximum absolute atomic E-state index is 2.75. The standard InChI is InChI=1S/C15H30N2/c1-12(2)16-10-14(6)8-9-17(13(3,4)5)15(14,7)11-16/h12H,8-11H2,1-7H3/t14-,15+/m0/s1. The zero-order valence-electron chi connectivity index (χ0n) is 12.8. The lowest BCUT2D eigenvalue weighted by molar-refractivity contribution is 0.0251. The van der Waals surface area contributed by atoms with E-state index in [-0.39, 0.29) is 0 Å². The maximum atomic E-state index is 2.75. The number of nitrogens with zero attached hydrogens (tertiary/aromatic N) is 2. The third kappa shape index (κ3) is 1.84. The lowest BCUT2D eigenvalue weighted by atomic mass is 9.74. The molecule has 0 aromatic carbocycles. The van der Waals surface area contributed by atoms with Crippen molar-refractivity contribution in [2.45, 2.75) is 72.0 Å². The highest BCUT2D eigenvalue weighted by atomic mass is 15.4. The molecule has 2 rings (SSSR count). The molecule has 2 aliphatic heterocycles. The Hall–Kier alpha value is -0.0800. The first-order valence-corrected chi connectivity index (χ1v) is 7.12. The van der Waals surface area contributed by atoms with E-state index in [1.807, 2.05) is 0 Å². The number of rotatable bonds is 1. The molecule has 2 nitrogen and oxygen atoms in total. The van der Waals surface area contributed by atoms with Gasteiger partial charge in [0.25, 0.3) is 0 Å². The van der Waals surface area contributed by atoms with E-state index in [0.717, 1.165) is 0 Å². The molecule has 0 bridgehead atoms. The third-order valence-electron chi connectivity index (χ3n) is 5.39. The van der Waals surface area contributed by atoms with Crippen LogP contribution in [-0.2, 0) is 0 Å². The van der Waals surface area contributed by atoms with E-state index in [1.165, 1.54) is 26.1 Å². The molecule has 2 atom stereocenters. The van der Waals surface area contributed by atoms with Crippen molar-refractivity contribution < 1.29 is 0 Å². The Morgan fingerprint density at radius 1 is 1.06 bits per heavy atom. The van der Waals surface area contributed by atoms with Gasteiger partial charge in [-0.25, -0.2) is 0 Å². The van der Waals surface area contributed by atoms with Gasteiger partial charge in [0.2, 0.25) is 0 Å². The molecule has 2 heterocycles. The minimum absolute atomic E-state index is 0.291. The fourth-order valence-electron chi connectivity index (χ4n) is 4.07. The van der Waals surface area contributed by atoms with Crippen LogP contribution in [0.3, 0.4) is 0 Å². The molecular weight excluding hydrogens is 208 g/mol. The third-order valence-corrected chi connectivity index (χ3v) is 5.39. The Bertz CT molecular complexity index is 305. The molecule has 2 fully saturated rings. The van der Waals surface area contributed by atoms with Crippen molar-refractivity contribution in [1.82, 2.24) is 9.80 Å². The van der Waals surface area contributed by atoms with Gasteiger partial charge in [0.05, 0.1) is 0 Å². The lowest BCUT2D eigenvalue weighted by Gasteiger charge is -2.47. The van der Waals surface area contributed by atoms with Gasteiger partial charge >= 0.3 is 0 Å². The normalized spacial score (nSPS) is 40.2. The highest BCUT2D eigenvalue weighted by molar-refractivity contribution is 5.16. The van der Waals surface area contributed by atoms with Crippen molar-refractivity contribution in [3.05, 3.63) is 0 Å². The zero-order valence-corrected chi connectivity index (χ0v) is 12.8. The minimum Gasteiger partial charge on any atom is -0.298 e. The molecule has 2 aliphatic rings. The summed E-state index contributed by atoms with van der Waals surface area (Å²) < 4.78 is 0. The first-order chi connectivity index (χ1) is 7.60. The highest BCUT2D eigenvalue weighted by Crippen LogP contribution is 2.53. The monoisotopic (exact) mass is 238 g/mol. The van der Waals surface area contributed by atoms with Gasteiger partial charge in [-0.05, 0) is 54.5 Å². The molecule has 0 spiro atoms. The summed E-state index contributed by atoms with van der Waals surface area (Å²) in [5.74, 6) is 0. The van der Waals surface area contributed by atoms with Crippen LogP contribution >= 0.6 is 0 Å². The lowest BCUT2D eigenvalue weighted by Crippen LogP contribution is -2.57. The Morgan fingerprint density at radius 3 is 2.12 bits per heavy atom. The van der Waals surface area contributed by atoms with E-state index in [4.69, 9.17) is 0 Å². The zero-order chi connectivity index (χ0) is 13.1. The van der Waals surface area contributed by atoms with Crippen LogP contribution in [-0.4, -0.2) is 46.6 Å². The molecule has 0 N–H and O–H groups in total. The van der Waals surface area contributed by atoms with E-state index in [1.54, 1.807) is 0 Å². The van der Waals surface area contributed by atoms with Crippen LogP contribution in [0.2, 0.25) is 0 Å². The van der Waals surface area contributed by atoms with E-state index < -0.39 is 0 Å². The molecule has 100 valence electrons. The number of hydrogen-bond donors (Lipinski definition) is 0. The van der Waals surface area contributed by atoms with Crippen molar-refractivity contribution in [3.63, 3.8) is 0 Å². The maximum Gasteiger partial charge on any atom is 0.0379 e. The molecule has 0 aliphatic carbocycles.